The molecule has 0 heterocycles. The van der Waals surface area contributed by atoms with Gasteiger partial charge in [0.1, 0.15) is 0 Å². The van der Waals surface area contributed by atoms with Crippen LogP contribution < -0.4 is 4.31 Å². The fourth-order valence-electron chi connectivity index (χ4n) is 2.43. The molecule has 0 unspecified atom stereocenters. The van der Waals surface area contributed by atoms with Gasteiger partial charge in [-0.05, 0) is 56.7 Å². The summed E-state index contributed by atoms with van der Waals surface area (Å²) in [6.07, 6.45) is 0.508. The van der Waals surface area contributed by atoms with Crippen LogP contribution >= 0.6 is 11.6 Å². The standard InChI is InChI=1S/C19H22ClNO4S/c1-3-25-19(22)5-4-14-21(17-10-8-16(20)9-11-17)26(23,24)18-12-6-15(2)7-13-18/h6-13H,3-5,14H2,1-2H3. The number of carbonyl (C=O) groups is 1. The van der Waals surface area contributed by atoms with Crippen LogP contribution in [0.15, 0.2) is 53.4 Å². The lowest BCUT2D eigenvalue weighted by atomic mass is 10.2. The van der Waals surface area contributed by atoms with Crippen molar-refractivity contribution in [2.45, 2.75) is 31.6 Å². The largest absolute Gasteiger partial charge is 0.466 e. The first-order valence-corrected chi connectivity index (χ1v) is 10.2. The van der Waals surface area contributed by atoms with Crippen molar-refractivity contribution in [3.8, 4) is 0 Å². The Hall–Kier alpha value is -2.05. The molecule has 2 rings (SSSR count). The predicted molar refractivity (Wildman–Crippen MR) is 103 cm³/mol. The molecule has 0 aliphatic heterocycles. The zero-order valence-electron chi connectivity index (χ0n) is 14.8. The quantitative estimate of drug-likeness (QED) is 0.629. The van der Waals surface area contributed by atoms with Gasteiger partial charge < -0.3 is 4.74 Å². The maximum atomic E-state index is 13.1. The number of ether oxygens (including phenoxy) is 1. The minimum Gasteiger partial charge on any atom is -0.466 e. The van der Waals surface area contributed by atoms with Gasteiger partial charge in [0.05, 0.1) is 17.2 Å². The number of hydrogen-bond donors (Lipinski definition) is 0. The second-order valence-corrected chi connectivity index (χ2v) is 8.07. The van der Waals surface area contributed by atoms with Crippen molar-refractivity contribution < 1.29 is 17.9 Å². The molecular weight excluding hydrogens is 374 g/mol. The lowest BCUT2D eigenvalue weighted by Crippen LogP contribution is -2.32. The normalized spacial score (nSPS) is 11.2. The molecule has 0 aliphatic rings. The van der Waals surface area contributed by atoms with Crippen LogP contribution in [0.1, 0.15) is 25.3 Å². The molecule has 0 atom stereocenters. The van der Waals surface area contributed by atoms with E-state index >= 15 is 0 Å². The minimum absolute atomic E-state index is 0.154. The molecule has 0 saturated carbocycles. The van der Waals surface area contributed by atoms with Gasteiger partial charge in [0.25, 0.3) is 10.0 Å². The summed E-state index contributed by atoms with van der Waals surface area (Å²) < 4.78 is 32.4. The van der Waals surface area contributed by atoms with Crippen molar-refractivity contribution in [1.82, 2.24) is 0 Å². The molecule has 0 saturated heterocycles. The summed E-state index contributed by atoms with van der Waals surface area (Å²) in [6.45, 7) is 4.10. The molecule has 0 aliphatic carbocycles. The van der Waals surface area contributed by atoms with E-state index < -0.39 is 10.0 Å². The van der Waals surface area contributed by atoms with E-state index in [2.05, 4.69) is 0 Å². The number of aryl methyl sites for hydroxylation is 1. The summed E-state index contributed by atoms with van der Waals surface area (Å²) in [5.74, 6) is -0.337. The number of esters is 1. The van der Waals surface area contributed by atoms with Crippen molar-refractivity contribution in [2.75, 3.05) is 17.5 Å². The average Bonchev–Trinajstić information content (AvgIpc) is 2.60. The van der Waals surface area contributed by atoms with Crippen LogP contribution in [0.2, 0.25) is 5.02 Å². The van der Waals surface area contributed by atoms with Gasteiger partial charge in [-0.15, -0.1) is 0 Å². The molecule has 0 aromatic heterocycles. The Morgan fingerprint density at radius 2 is 1.69 bits per heavy atom. The van der Waals surface area contributed by atoms with Gasteiger partial charge >= 0.3 is 5.97 Å². The molecule has 2 aromatic carbocycles. The first kappa shape index (κ1) is 20.3. The Kier molecular flexibility index (Phi) is 7.06. The van der Waals surface area contributed by atoms with E-state index in [0.29, 0.717) is 23.7 Å². The van der Waals surface area contributed by atoms with E-state index in [1.54, 1.807) is 55.5 Å². The molecular formula is C19H22ClNO4S. The van der Waals surface area contributed by atoms with E-state index in [-0.39, 0.29) is 23.8 Å². The van der Waals surface area contributed by atoms with Crippen LogP contribution in [0.5, 0.6) is 0 Å². The second-order valence-electron chi connectivity index (χ2n) is 5.78. The highest BCUT2D eigenvalue weighted by molar-refractivity contribution is 7.92. The van der Waals surface area contributed by atoms with Gasteiger partial charge in [-0.25, -0.2) is 8.42 Å². The molecule has 2 aromatic rings. The summed E-state index contributed by atoms with van der Waals surface area (Å²) in [5.41, 5.74) is 1.48. The molecule has 0 fully saturated rings. The number of carbonyl (C=O) groups excluding carboxylic acids is 1. The number of halogens is 1. The molecule has 5 nitrogen and oxygen atoms in total. The Balaban J connectivity index is 2.28. The van der Waals surface area contributed by atoms with E-state index in [4.69, 9.17) is 16.3 Å². The highest BCUT2D eigenvalue weighted by Crippen LogP contribution is 2.26. The van der Waals surface area contributed by atoms with Crippen LogP contribution in [0.3, 0.4) is 0 Å². The van der Waals surface area contributed by atoms with Gasteiger partial charge in [-0.2, -0.15) is 0 Å². The maximum Gasteiger partial charge on any atom is 0.305 e. The van der Waals surface area contributed by atoms with E-state index in [1.807, 2.05) is 6.92 Å². The highest BCUT2D eigenvalue weighted by Gasteiger charge is 2.25. The number of benzene rings is 2. The van der Waals surface area contributed by atoms with Crippen LogP contribution in [0.25, 0.3) is 0 Å². The van der Waals surface area contributed by atoms with Gasteiger partial charge in [0, 0.05) is 18.0 Å². The lowest BCUT2D eigenvalue weighted by molar-refractivity contribution is -0.143. The van der Waals surface area contributed by atoms with Crippen molar-refractivity contribution >= 4 is 33.3 Å². The SMILES string of the molecule is CCOC(=O)CCCN(c1ccc(Cl)cc1)S(=O)(=O)c1ccc(C)cc1. The second kappa shape index (κ2) is 9.05. The van der Waals surface area contributed by atoms with Crippen LogP contribution in [0.4, 0.5) is 5.69 Å². The number of nitrogens with zero attached hydrogens (tertiary/aromatic N) is 1. The molecule has 0 amide bonds. The summed E-state index contributed by atoms with van der Waals surface area (Å²) in [7, 11) is -3.76. The van der Waals surface area contributed by atoms with E-state index in [0.717, 1.165) is 5.56 Å². The number of hydrogen-bond acceptors (Lipinski definition) is 4. The summed E-state index contributed by atoms with van der Waals surface area (Å²) in [5, 5.41) is 0.521. The maximum absolute atomic E-state index is 13.1. The van der Waals surface area contributed by atoms with Gasteiger partial charge in [0.15, 0.2) is 0 Å². The fraction of sp³-hybridized carbons (Fsp3) is 0.316. The Labute approximate surface area is 159 Å². The average molecular weight is 396 g/mol. The van der Waals surface area contributed by atoms with E-state index in [9.17, 15) is 13.2 Å². The zero-order valence-corrected chi connectivity index (χ0v) is 16.4. The summed E-state index contributed by atoms with van der Waals surface area (Å²) in [4.78, 5) is 11.8. The van der Waals surface area contributed by atoms with Crippen LogP contribution in [-0.2, 0) is 19.6 Å². The summed E-state index contributed by atoms with van der Waals surface area (Å²) >= 11 is 5.92. The first-order chi connectivity index (χ1) is 12.3. The number of rotatable bonds is 8. The van der Waals surface area contributed by atoms with Gasteiger partial charge in [0.2, 0.25) is 0 Å². The fourth-order valence-corrected chi connectivity index (χ4v) is 4.06. The highest BCUT2D eigenvalue weighted by atomic mass is 35.5. The third-order valence-corrected chi connectivity index (χ3v) is 5.86. The smallest absolute Gasteiger partial charge is 0.305 e. The van der Waals surface area contributed by atoms with Crippen molar-refractivity contribution in [1.29, 1.82) is 0 Å². The Bertz CT molecular complexity index is 833. The molecule has 0 bridgehead atoms. The Morgan fingerprint density at radius 3 is 2.27 bits per heavy atom. The van der Waals surface area contributed by atoms with Gasteiger partial charge in [-0.1, -0.05) is 29.3 Å². The number of sulfonamides is 1. The number of anilines is 1. The van der Waals surface area contributed by atoms with Gasteiger partial charge in [-0.3, -0.25) is 9.10 Å². The summed E-state index contributed by atoms with van der Waals surface area (Å²) in [6, 6.07) is 13.3. The first-order valence-electron chi connectivity index (χ1n) is 8.35. The van der Waals surface area contributed by atoms with Crippen molar-refractivity contribution in [3.63, 3.8) is 0 Å². The van der Waals surface area contributed by atoms with E-state index in [1.165, 1.54) is 4.31 Å². The third-order valence-electron chi connectivity index (χ3n) is 3.77. The molecule has 7 heteroatoms. The lowest BCUT2D eigenvalue weighted by Gasteiger charge is -2.24. The van der Waals surface area contributed by atoms with Crippen molar-refractivity contribution in [2.24, 2.45) is 0 Å². The third kappa shape index (κ3) is 5.22. The zero-order chi connectivity index (χ0) is 19.2. The molecule has 0 spiro atoms. The minimum atomic E-state index is -3.76. The predicted octanol–water partition coefficient (Wildman–Crippen LogP) is 4.19. The monoisotopic (exact) mass is 395 g/mol. The van der Waals surface area contributed by atoms with Crippen LogP contribution in [0, 0.1) is 6.92 Å². The van der Waals surface area contributed by atoms with Crippen LogP contribution in [-0.4, -0.2) is 27.5 Å². The molecule has 0 radical (unpaired) electrons. The molecule has 0 N–H and O–H groups in total. The molecule has 140 valence electrons. The Morgan fingerprint density at radius 1 is 1.08 bits per heavy atom. The molecule has 26 heavy (non-hydrogen) atoms. The topological polar surface area (TPSA) is 63.7 Å². The van der Waals surface area contributed by atoms with Crippen molar-refractivity contribution in [3.05, 3.63) is 59.1 Å².